The van der Waals surface area contributed by atoms with Crippen molar-refractivity contribution in [2.75, 3.05) is 0 Å². The van der Waals surface area contributed by atoms with E-state index in [0.717, 1.165) is 32.1 Å². The Balaban J connectivity index is 1.54. The fraction of sp³-hybridized carbons (Fsp3) is 0.556. The monoisotopic (exact) mass is 315 g/mol. The summed E-state index contributed by atoms with van der Waals surface area (Å²) < 4.78 is 5.70. The number of carboxylic acid groups (broad SMARTS) is 1. The van der Waals surface area contributed by atoms with E-state index in [2.05, 4.69) is 17.4 Å². The summed E-state index contributed by atoms with van der Waals surface area (Å²) in [6.07, 6.45) is 3.98. The van der Waals surface area contributed by atoms with Crippen LogP contribution in [0.2, 0.25) is 0 Å². The van der Waals surface area contributed by atoms with Crippen LogP contribution in [0.5, 0.6) is 0 Å². The molecule has 23 heavy (non-hydrogen) atoms. The second-order valence-electron chi connectivity index (χ2n) is 6.83. The Morgan fingerprint density at radius 3 is 2.61 bits per heavy atom. The molecule has 0 spiro atoms. The van der Waals surface area contributed by atoms with Gasteiger partial charge in [0.2, 0.25) is 5.91 Å². The largest absolute Gasteiger partial charge is 0.481 e. The predicted molar refractivity (Wildman–Crippen MR) is 82.8 cm³/mol. The van der Waals surface area contributed by atoms with Crippen molar-refractivity contribution in [2.24, 2.45) is 11.8 Å². The zero-order valence-corrected chi connectivity index (χ0v) is 12.9. The molecule has 4 rings (SSSR count). The molecule has 5 atom stereocenters. The first-order chi connectivity index (χ1) is 11.1. The summed E-state index contributed by atoms with van der Waals surface area (Å²) in [5, 5.41) is 12.6. The number of carbonyl (C=O) groups is 2. The molecule has 0 radical (unpaired) electrons. The number of hydrogen-bond donors (Lipinski definition) is 2. The quantitative estimate of drug-likeness (QED) is 0.895. The Morgan fingerprint density at radius 1 is 1.09 bits per heavy atom. The van der Waals surface area contributed by atoms with E-state index in [1.54, 1.807) is 0 Å². The lowest BCUT2D eigenvalue weighted by Gasteiger charge is -2.30. The first-order valence-electron chi connectivity index (χ1n) is 8.41. The molecule has 2 N–H and O–H groups in total. The van der Waals surface area contributed by atoms with Gasteiger partial charge in [-0.1, -0.05) is 24.3 Å². The number of carboxylic acids is 1. The number of benzene rings is 1. The van der Waals surface area contributed by atoms with Crippen molar-refractivity contribution in [1.82, 2.24) is 5.32 Å². The molecule has 5 nitrogen and oxygen atoms in total. The van der Waals surface area contributed by atoms with Gasteiger partial charge in [0.05, 0.1) is 30.1 Å². The number of fused-ring (bicyclic) bond motifs is 3. The van der Waals surface area contributed by atoms with Crippen LogP contribution in [0.25, 0.3) is 0 Å². The van der Waals surface area contributed by atoms with Crippen LogP contribution in [-0.4, -0.2) is 29.2 Å². The van der Waals surface area contributed by atoms with E-state index >= 15 is 0 Å². The van der Waals surface area contributed by atoms with E-state index in [1.165, 1.54) is 11.1 Å². The fourth-order valence-electron chi connectivity index (χ4n) is 4.50. The van der Waals surface area contributed by atoms with E-state index < -0.39 is 17.8 Å². The first-order valence-corrected chi connectivity index (χ1v) is 8.41. The molecule has 5 heteroatoms. The van der Waals surface area contributed by atoms with Gasteiger partial charge in [0.1, 0.15) is 0 Å². The molecule has 2 saturated heterocycles. The average Bonchev–Trinajstić information content (AvgIpc) is 3.16. The number of nitrogens with one attached hydrogen (secondary N) is 1. The van der Waals surface area contributed by atoms with Gasteiger partial charge in [-0.25, -0.2) is 0 Å². The molecule has 2 bridgehead atoms. The van der Waals surface area contributed by atoms with Crippen molar-refractivity contribution in [2.45, 2.75) is 50.4 Å². The molecule has 2 fully saturated rings. The van der Waals surface area contributed by atoms with Crippen molar-refractivity contribution < 1.29 is 19.4 Å². The minimum atomic E-state index is -0.915. The van der Waals surface area contributed by atoms with Gasteiger partial charge < -0.3 is 15.2 Å². The minimum Gasteiger partial charge on any atom is -0.481 e. The normalized spacial score (nSPS) is 34.9. The van der Waals surface area contributed by atoms with Crippen molar-refractivity contribution >= 4 is 11.9 Å². The Morgan fingerprint density at radius 2 is 1.83 bits per heavy atom. The lowest BCUT2D eigenvalue weighted by atomic mass is 9.78. The van der Waals surface area contributed by atoms with Crippen molar-refractivity contribution in [3.05, 3.63) is 35.4 Å². The summed E-state index contributed by atoms with van der Waals surface area (Å²) in [5.74, 6) is -2.33. The fourth-order valence-corrected chi connectivity index (χ4v) is 4.50. The Kier molecular flexibility index (Phi) is 3.60. The first kappa shape index (κ1) is 14.7. The third-order valence-corrected chi connectivity index (χ3v) is 5.55. The molecule has 1 aromatic rings. The zero-order valence-electron chi connectivity index (χ0n) is 12.9. The molecule has 1 aromatic carbocycles. The van der Waals surface area contributed by atoms with Crippen LogP contribution in [0.1, 0.15) is 42.9 Å². The summed E-state index contributed by atoms with van der Waals surface area (Å²) in [4.78, 5) is 24.3. The number of aryl methyl sites for hydroxylation is 1. The van der Waals surface area contributed by atoms with Gasteiger partial charge in [-0.05, 0) is 43.2 Å². The van der Waals surface area contributed by atoms with Crippen LogP contribution in [0.15, 0.2) is 24.3 Å². The predicted octanol–water partition coefficient (Wildman–Crippen LogP) is 2.06. The molecule has 1 amide bonds. The number of hydrogen-bond acceptors (Lipinski definition) is 3. The topological polar surface area (TPSA) is 75.6 Å². The minimum absolute atomic E-state index is 0.0129. The van der Waals surface area contributed by atoms with Gasteiger partial charge >= 0.3 is 5.97 Å². The molecule has 3 aliphatic rings. The highest BCUT2D eigenvalue weighted by atomic mass is 16.5. The third kappa shape index (κ3) is 2.43. The van der Waals surface area contributed by atoms with Crippen molar-refractivity contribution in [3.8, 4) is 0 Å². The molecule has 0 unspecified atom stereocenters. The molecular formula is C18H21NO4. The highest BCUT2D eigenvalue weighted by Gasteiger charge is 2.55. The summed E-state index contributed by atoms with van der Waals surface area (Å²) in [6.45, 7) is 0. The summed E-state index contributed by atoms with van der Waals surface area (Å²) >= 11 is 0. The SMILES string of the molecule is O=C(O)[C@@H]1[C@H](C(=O)N[C@@H]2CCCc3ccccc32)[C@@H]2CC[C@@H]1O2. The summed E-state index contributed by atoms with van der Waals surface area (Å²) in [6, 6.07) is 8.16. The summed E-state index contributed by atoms with van der Waals surface area (Å²) in [7, 11) is 0. The van der Waals surface area contributed by atoms with E-state index in [9.17, 15) is 14.7 Å². The van der Waals surface area contributed by atoms with Crippen molar-refractivity contribution in [1.29, 1.82) is 0 Å². The van der Waals surface area contributed by atoms with Gasteiger partial charge in [-0.15, -0.1) is 0 Å². The third-order valence-electron chi connectivity index (χ3n) is 5.55. The van der Waals surface area contributed by atoms with Gasteiger partial charge in [-0.2, -0.15) is 0 Å². The smallest absolute Gasteiger partial charge is 0.310 e. The van der Waals surface area contributed by atoms with E-state index in [4.69, 9.17) is 4.74 Å². The molecule has 1 aliphatic carbocycles. The number of amides is 1. The van der Waals surface area contributed by atoms with E-state index in [1.807, 2.05) is 12.1 Å². The van der Waals surface area contributed by atoms with Gasteiger partial charge in [0.25, 0.3) is 0 Å². The lowest BCUT2D eigenvalue weighted by Crippen LogP contribution is -2.45. The Bertz CT molecular complexity index is 644. The highest BCUT2D eigenvalue weighted by Crippen LogP contribution is 2.44. The number of aliphatic carboxylic acids is 1. The van der Waals surface area contributed by atoms with Crippen molar-refractivity contribution in [3.63, 3.8) is 0 Å². The maximum atomic E-state index is 12.8. The Hall–Kier alpha value is -1.88. The molecule has 122 valence electrons. The van der Waals surface area contributed by atoms with Crippen LogP contribution in [0.3, 0.4) is 0 Å². The van der Waals surface area contributed by atoms with Gasteiger partial charge in [-0.3, -0.25) is 9.59 Å². The van der Waals surface area contributed by atoms with Gasteiger partial charge in [0.15, 0.2) is 0 Å². The number of carbonyl (C=O) groups excluding carboxylic acids is 1. The van der Waals surface area contributed by atoms with Crippen LogP contribution >= 0.6 is 0 Å². The second kappa shape index (κ2) is 5.64. The van der Waals surface area contributed by atoms with Crippen LogP contribution in [-0.2, 0) is 20.7 Å². The number of ether oxygens (including phenoxy) is 1. The number of rotatable bonds is 3. The van der Waals surface area contributed by atoms with Gasteiger partial charge in [0, 0.05) is 0 Å². The van der Waals surface area contributed by atoms with E-state index in [-0.39, 0.29) is 24.2 Å². The molecule has 0 aromatic heterocycles. The zero-order chi connectivity index (χ0) is 16.0. The van der Waals surface area contributed by atoms with Crippen LogP contribution in [0.4, 0.5) is 0 Å². The Labute approximate surface area is 135 Å². The summed E-state index contributed by atoms with van der Waals surface area (Å²) in [5.41, 5.74) is 2.45. The average molecular weight is 315 g/mol. The standard InChI is InChI=1S/C18H21NO4/c20-17(15-13-8-9-14(23-13)16(15)18(21)22)19-12-7-3-5-10-4-1-2-6-11(10)12/h1-2,4,6,12-16H,3,5,7-9H2,(H,19,20)(H,21,22)/t12-,13+,14+,15-,16+/m1/s1. The molecule has 2 heterocycles. The lowest BCUT2D eigenvalue weighted by molar-refractivity contribution is -0.148. The maximum Gasteiger partial charge on any atom is 0.310 e. The molecule has 0 saturated carbocycles. The second-order valence-corrected chi connectivity index (χ2v) is 6.83. The molecule has 2 aliphatic heterocycles. The molecular weight excluding hydrogens is 294 g/mol. The van der Waals surface area contributed by atoms with Crippen LogP contribution in [0, 0.1) is 11.8 Å². The maximum absolute atomic E-state index is 12.8. The van der Waals surface area contributed by atoms with Crippen LogP contribution < -0.4 is 5.32 Å². The van der Waals surface area contributed by atoms with E-state index in [0.29, 0.717) is 0 Å². The highest BCUT2D eigenvalue weighted by molar-refractivity contribution is 5.86.